The summed E-state index contributed by atoms with van der Waals surface area (Å²) in [6, 6.07) is 15.2. The Bertz CT molecular complexity index is 1220. The highest BCUT2D eigenvalue weighted by Gasteiger charge is 2.06. The molecule has 0 bridgehead atoms. The largest absolute Gasteiger partial charge is 0.456 e. The van der Waals surface area contributed by atoms with Gasteiger partial charge in [0.1, 0.15) is 11.5 Å². The van der Waals surface area contributed by atoms with E-state index in [1.165, 1.54) is 11.3 Å². The molecule has 2 aliphatic rings. The van der Waals surface area contributed by atoms with Gasteiger partial charge in [-0.15, -0.1) is 11.3 Å². The Hall–Kier alpha value is -3.05. The fraction of sp³-hybridized carbons (Fsp3) is 0. The molecule has 0 aliphatic carbocycles. The summed E-state index contributed by atoms with van der Waals surface area (Å²) in [5, 5.41) is 4.80. The lowest BCUT2D eigenvalue weighted by Gasteiger charge is -2.03. The van der Waals surface area contributed by atoms with E-state index in [1.807, 2.05) is 60.0 Å². The van der Waals surface area contributed by atoms with E-state index in [-0.39, 0.29) is 5.56 Å². The number of nitrogens with one attached hydrogen (secondary N) is 2. The number of thiophene rings is 1. The number of benzene rings is 1. The Labute approximate surface area is 141 Å². The van der Waals surface area contributed by atoms with Crippen molar-refractivity contribution in [3.8, 4) is 11.5 Å². The van der Waals surface area contributed by atoms with Crippen molar-refractivity contribution in [3.63, 3.8) is 0 Å². The summed E-state index contributed by atoms with van der Waals surface area (Å²) < 4.78 is 5.92. The third-order valence-electron chi connectivity index (χ3n) is 3.67. The van der Waals surface area contributed by atoms with Crippen molar-refractivity contribution in [1.82, 2.24) is 9.97 Å². The van der Waals surface area contributed by atoms with E-state index in [2.05, 4.69) is 16.5 Å². The first-order valence-electron chi connectivity index (χ1n) is 7.43. The van der Waals surface area contributed by atoms with E-state index in [9.17, 15) is 4.79 Å². The first kappa shape index (κ1) is 14.5. The average Bonchev–Trinajstić information content (AvgIpc) is 3.14. The van der Waals surface area contributed by atoms with Gasteiger partial charge >= 0.3 is 0 Å². The van der Waals surface area contributed by atoms with Crippen LogP contribution in [0.1, 0.15) is 4.88 Å². The minimum absolute atomic E-state index is 0.133. The molecular formula is C19H14N2O2S. The third-order valence-corrected chi connectivity index (χ3v) is 4.52. The van der Waals surface area contributed by atoms with Gasteiger partial charge in [0.25, 0.3) is 5.56 Å². The zero-order valence-electron chi connectivity index (χ0n) is 12.7. The molecule has 0 fully saturated rings. The Balaban J connectivity index is 1.86. The maximum atomic E-state index is 12.3. The van der Waals surface area contributed by atoms with Gasteiger partial charge in [-0.05, 0) is 41.8 Å². The molecule has 0 saturated heterocycles. The maximum Gasteiger partial charge on any atom is 0.257 e. The zero-order chi connectivity index (χ0) is 16.5. The second-order valence-electron chi connectivity index (χ2n) is 5.35. The van der Waals surface area contributed by atoms with Gasteiger partial charge in [-0.3, -0.25) is 4.79 Å². The summed E-state index contributed by atoms with van der Waals surface area (Å²) in [6.45, 7) is 3.88. The van der Waals surface area contributed by atoms with Crippen LogP contribution < -0.4 is 20.9 Å². The van der Waals surface area contributed by atoms with Gasteiger partial charge in [0, 0.05) is 5.35 Å². The van der Waals surface area contributed by atoms with Crippen LogP contribution in [0.25, 0.3) is 12.7 Å². The molecule has 0 unspecified atom stereocenters. The predicted octanol–water partition coefficient (Wildman–Crippen LogP) is 2.52. The van der Waals surface area contributed by atoms with E-state index in [4.69, 9.17) is 4.74 Å². The molecule has 1 aromatic heterocycles. The molecule has 0 amide bonds. The third kappa shape index (κ3) is 2.66. The number of aromatic nitrogens is 2. The van der Waals surface area contributed by atoms with Crippen LogP contribution in [0, 0.1) is 10.7 Å². The topological polar surface area (TPSA) is 57.9 Å². The summed E-state index contributed by atoms with van der Waals surface area (Å²) in [5.41, 5.74) is -0.133. The summed E-state index contributed by atoms with van der Waals surface area (Å²) in [7, 11) is 0. The van der Waals surface area contributed by atoms with Gasteiger partial charge in [-0.25, -0.2) is 0 Å². The van der Waals surface area contributed by atoms with Crippen LogP contribution in [0.15, 0.2) is 58.7 Å². The first-order valence-corrected chi connectivity index (χ1v) is 8.31. The van der Waals surface area contributed by atoms with Crippen LogP contribution >= 0.6 is 11.3 Å². The fourth-order valence-corrected chi connectivity index (χ4v) is 3.29. The maximum absolute atomic E-state index is 12.3. The van der Waals surface area contributed by atoms with E-state index in [1.54, 1.807) is 0 Å². The monoisotopic (exact) mass is 334 g/mol. The zero-order valence-corrected chi connectivity index (χ0v) is 13.5. The van der Waals surface area contributed by atoms with Gasteiger partial charge in [0.2, 0.25) is 0 Å². The summed E-state index contributed by atoms with van der Waals surface area (Å²) in [6.07, 6.45) is 1.85. The number of para-hydroxylation sites is 1. The van der Waals surface area contributed by atoms with Crippen molar-refractivity contribution in [3.05, 3.63) is 90.4 Å². The van der Waals surface area contributed by atoms with E-state index < -0.39 is 0 Å². The van der Waals surface area contributed by atoms with Crippen LogP contribution in [0.5, 0.6) is 11.5 Å². The summed E-state index contributed by atoms with van der Waals surface area (Å²) in [5.74, 6) is 1.49. The second-order valence-corrected chi connectivity index (χ2v) is 6.30. The molecule has 0 saturated carbocycles. The van der Waals surface area contributed by atoms with Gasteiger partial charge in [-0.1, -0.05) is 24.8 Å². The molecule has 2 aliphatic heterocycles. The van der Waals surface area contributed by atoms with Gasteiger partial charge in [-0.2, -0.15) is 0 Å². The minimum atomic E-state index is -0.133. The molecule has 5 heteroatoms. The van der Waals surface area contributed by atoms with Crippen molar-refractivity contribution in [2.24, 2.45) is 0 Å². The smallest absolute Gasteiger partial charge is 0.257 e. The molecule has 1 aromatic carbocycles. The lowest BCUT2D eigenvalue weighted by molar-refractivity contribution is 0.484. The molecule has 0 spiro atoms. The molecule has 4 nitrogen and oxygen atoms in total. The molecule has 2 aromatic rings. The SMILES string of the molecule is C=c1ccc2[nH]c(=O)c(=Cc3sccc3Oc3ccccc3)c=2[nH]1. The normalized spacial score (nSPS) is 11.9. The van der Waals surface area contributed by atoms with Crippen LogP contribution in [-0.2, 0) is 0 Å². The number of hydrogen-bond acceptors (Lipinski definition) is 3. The van der Waals surface area contributed by atoms with Gasteiger partial charge < -0.3 is 14.7 Å². The number of H-pyrrole nitrogens is 2. The van der Waals surface area contributed by atoms with E-state index in [0.717, 1.165) is 32.4 Å². The van der Waals surface area contributed by atoms with Crippen molar-refractivity contribution < 1.29 is 4.74 Å². The van der Waals surface area contributed by atoms with E-state index in [0.29, 0.717) is 5.22 Å². The number of aromatic amines is 2. The van der Waals surface area contributed by atoms with Crippen LogP contribution in [-0.4, -0.2) is 9.97 Å². The predicted molar refractivity (Wildman–Crippen MR) is 95.9 cm³/mol. The molecule has 118 valence electrons. The highest BCUT2D eigenvalue weighted by Crippen LogP contribution is 2.29. The average molecular weight is 334 g/mol. The highest BCUT2D eigenvalue weighted by atomic mass is 32.1. The molecule has 24 heavy (non-hydrogen) atoms. The fourth-order valence-electron chi connectivity index (χ4n) is 2.54. The number of rotatable bonds is 3. The van der Waals surface area contributed by atoms with Crippen molar-refractivity contribution in [2.75, 3.05) is 0 Å². The molecule has 0 atom stereocenters. The highest BCUT2D eigenvalue weighted by molar-refractivity contribution is 7.11. The summed E-state index contributed by atoms with van der Waals surface area (Å²) >= 11 is 1.53. The Morgan fingerprint density at radius 1 is 1.04 bits per heavy atom. The van der Waals surface area contributed by atoms with Gasteiger partial charge in [0.15, 0.2) is 0 Å². The van der Waals surface area contributed by atoms with Crippen molar-refractivity contribution in [2.45, 2.75) is 0 Å². The van der Waals surface area contributed by atoms with Crippen molar-refractivity contribution in [1.29, 1.82) is 0 Å². The lowest BCUT2D eigenvalue weighted by atomic mass is 10.3. The van der Waals surface area contributed by atoms with Crippen LogP contribution in [0.3, 0.4) is 0 Å². The quantitative estimate of drug-likeness (QED) is 0.605. The van der Waals surface area contributed by atoms with E-state index >= 15 is 0 Å². The first-order chi connectivity index (χ1) is 11.7. The number of ether oxygens (including phenoxy) is 1. The Kier molecular flexibility index (Phi) is 3.55. The Morgan fingerprint density at radius 2 is 1.88 bits per heavy atom. The van der Waals surface area contributed by atoms with Crippen LogP contribution in [0.2, 0.25) is 0 Å². The van der Waals surface area contributed by atoms with Crippen LogP contribution in [0.4, 0.5) is 0 Å². The second kappa shape index (κ2) is 5.86. The molecule has 0 radical (unpaired) electrons. The lowest BCUT2D eigenvalue weighted by Crippen LogP contribution is -2.23. The molecule has 3 heterocycles. The minimum Gasteiger partial charge on any atom is -0.456 e. The molecular weight excluding hydrogens is 320 g/mol. The Morgan fingerprint density at radius 3 is 2.71 bits per heavy atom. The molecule has 2 N–H and O–H groups in total. The molecule has 4 rings (SSSR count). The van der Waals surface area contributed by atoms with Gasteiger partial charge in [0.05, 0.1) is 20.8 Å². The number of hydrogen-bond donors (Lipinski definition) is 2. The summed E-state index contributed by atoms with van der Waals surface area (Å²) in [4.78, 5) is 19.2. The van der Waals surface area contributed by atoms with Crippen molar-refractivity contribution >= 4 is 24.0 Å². The standard InChI is InChI=1S/C19H14N2O2S/c1-12-7-8-15-18(20-12)14(19(22)21-15)11-17-16(9-10-24-17)23-13-5-3-2-4-6-13/h2-11,20H,1H2,(H,21,22).